The molecule has 0 aliphatic carbocycles. The van der Waals surface area contributed by atoms with Crippen molar-refractivity contribution in [2.24, 2.45) is 0 Å². The summed E-state index contributed by atoms with van der Waals surface area (Å²) in [6.45, 7) is -0.0903. The lowest BCUT2D eigenvalue weighted by Gasteiger charge is -2.07. The normalized spacial score (nSPS) is 10.6. The van der Waals surface area contributed by atoms with Gasteiger partial charge in [0.05, 0.1) is 4.92 Å². The molecular weight excluding hydrogens is 329 g/mol. The lowest BCUT2D eigenvalue weighted by atomic mass is 10.2. The van der Waals surface area contributed by atoms with E-state index in [2.05, 4.69) is 5.32 Å². The van der Waals surface area contributed by atoms with Crippen LogP contribution < -0.4 is 5.32 Å². The smallest absolute Gasteiger partial charge is 0.269 e. The summed E-state index contributed by atoms with van der Waals surface area (Å²) < 4.78 is 14.9. The van der Waals surface area contributed by atoms with Gasteiger partial charge in [-0.2, -0.15) is 0 Å². The predicted octanol–water partition coefficient (Wildman–Crippen LogP) is 3.14. The maximum Gasteiger partial charge on any atom is 0.269 e. The molecular formula is C17H12FN3O4. The van der Waals surface area contributed by atoms with Crippen LogP contribution in [-0.4, -0.2) is 21.7 Å². The number of benzene rings is 2. The van der Waals surface area contributed by atoms with Crippen molar-refractivity contribution in [1.29, 1.82) is 0 Å². The Labute approximate surface area is 140 Å². The van der Waals surface area contributed by atoms with Crippen molar-refractivity contribution in [3.63, 3.8) is 0 Å². The van der Waals surface area contributed by atoms with E-state index in [1.54, 1.807) is 4.57 Å². The molecule has 0 saturated heterocycles. The van der Waals surface area contributed by atoms with Gasteiger partial charge in [-0.15, -0.1) is 0 Å². The van der Waals surface area contributed by atoms with E-state index in [0.29, 0.717) is 22.9 Å². The number of carbonyl (C=O) groups excluding carboxylic acids is 2. The number of nitrogens with one attached hydrogen (secondary N) is 1. The van der Waals surface area contributed by atoms with Crippen LogP contribution in [0.25, 0.3) is 10.9 Å². The number of anilines is 1. The molecule has 0 fully saturated rings. The van der Waals surface area contributed by atoms with Gasteiger partial charge in [0.15, 0.2) is 6.29 Å². The van der Waals surface area contributed by atoms with E-state index < -0.39 is 10.7 Å². The van der Waals surface area contributed by atoms with Gasteiger partial charge in [0.2, 0.25) is 5.91 Å². The number of halogens is 1. The lowest BCUT2D eigenvalue weighted by molar-refractivity contribution is -0.384. The molecule has 2 aromatic carbocycles. The highest BCUT2D eigenvalue weighted by atomic mass is 19.1. The number of non-ortho nitro benzene ring substituents is 1. The number of nitro benzene ring substituents is 1. The van der Waals surface area contributed by atoms with Crippen LogP contribution in [0.15, 0.2) is 48.7 Å². The second-order valence-electron chi connectivity index (χ2n) is 5.34. The van der Waals surface area contributed by atoms with E-state index in [1.165, 1.54) is 48.7 Å². The third kappa shape index (κ3) is 3.37. The molecule has 1 heterocycles. The van der Waals surface area contributed by atoms with Gasteiger partial charge in [0.1, 0.15) is 12.4 Å². The highest BCUT2D eigenvalue weighted by molar-refractivity contribution is 5.99. The highest BCUT2D eigenvalue weighted by Crippen LogP contribution is 2.22. The van der Waals surface area contributed by atoms with Crippen LogP contribution in [0.2, 0.25) is 0 Å². The van der Waals surface area contributed by atoms with Crippen LogP contribution >= 0.6 is 0 Å². The molecule has 0 saturated carbocycles. The number of rotatable bonds is 5. The number of carbonyl (C=O) groups is 2. The lowest BCUT2D eigenvalue weighted by Crippen LogP contribution is -2.18. The number of nitrogens with zero attached hydrogens (tertiary/aromatic N) is 2. The summed E-state index contributed by atoms with van der Waals surface area (Å²) in [4.78, 5) is 33.4. The molecule has 7 nitrogen and oxygen atoms in total. The Balaban J connectivity index is 1.80. The van der Waals surface area contributed by atoms with Crippen LogP contribution in [0.5, 0.6) is 0 Å². The molecule has 1 aromatic heterocycles. The van der Waals surface area contributed by atoms with E-state index in [4.69, 9.17) is 0 Å². The van der Waals surface area contributed by atoms with Gasteiger partial charge in [0.25, 0.3) is 5.69 Å². The van der Waals surface area contributed by atoms with E-state index in [0.717, 1.165) is 0 Å². The van der Waals surface area contributed by atoms with E-state index in [-0.39, 0.29) is 23.7 Å². The zero-order chi connectivity index (χ0) is 18.0. The van der Waals surface area contributed by atoms with Crippen LogP contribution in [0.1, 0.15) is 10.4 Å². The Bertz CT molecular complexity index is 979. The number of aldehydes is 1. The second kappa shape index (κ2) is 6.52. The SMILES string of the molecule is O=Cc1cn(CC(=O)Nc2ccc([N+](=O)[O-])cc2)c2ccc(F)cc12. The van der Waals surface area contributed by atoms with Crippen molar-refractivity contribution in [2.45, 2.75) is 6.54 Å². The molecule has 0 atom stereocenters. The number of fused-ring (bicyclic) bond motifs is 1. The van der Waals surface area contributed by atoms with Crippen LogP contribution in [0, 0.1) is 15.9 Å². The van der Waals surface area contributed by atoms with Gasteiger partial charge in [-0.25, -0.2) is 4.39 Å². The van der Waals surface area contributed by atoms with E-state index in [1.807, 2.05) is 0 Å². The Kier molecular flexibility index (Phi) is 4.25. The molecule has 0 aliphatic heterocycles. The predicted molar refractivity (Wildman–Crippen MR) is 89.0 cm³/mol. The molecule has 0 spiro atoms. The first-order valence-corrected chi connectivity index (χ1v) is 7.26. The molecule has 25 heavy (non-hydrogen) atoms. The molecule has 8 heteroatoms. The zero-order valence-corrected chi connectivity index (χ0v) is 12.8. The van der Waals surface area contributed by atoms with E-state index in [9.17, 15) is 24.1 Å². The Morgan fingerprint density at radius 1 is 1.24 bits per heavy atom. The highest BCUT2D eigenvalue weighted by Gasteiger charge is 2.12. The van der Waals surface area contributed by atoms with Crippen LogP contribution in [0.4, 0.5) is 15.8 Å². The minimum absolute atomic E-state index is 0.0768. The molecule has 0 aliphatic rings. The fourth-order valence-electron chi connectivity index (χ4n) is 2.54. The van der Waals surface area contributed by atoms with Crippen molar-refractivity contribution < 1.29 is 18.9 Å². The summed E-state index contributed by atoms with van der Waals surface area (Å²) in [5.74, 6) is -0.851. The van der Waals surface area contributed by atoms with Crippen LogP contribution in [0.3, 0.4) is 0 Å². The molecule has 3 aromatic rings. The number of aromatic nitrogens is 1. The summed E-state index contributed by atoms with van der Waals surface area (Å²) in [5, 5.41) is 13.7. The Morgan fingerprint density at radius 2 is 1.96 bits per heavy atom. The molecule has 0 bridgehead atoms. The average molecular weight is 341 g/mol. The fraction of sp³-hybridized carbons (Fsp3) is 0.0588. The summed E-state index contributed by atoms with van der Waals surface area (Å²) in [6, 6.07) is 9.41. The van der Waals surface area contributed by atoms with Crippen LogP contribution in [-0.2, 0) is 11.3 Å². The van der Waals surface area contributed by atoms with Gasteiger partial charge in [-0.05, 0) is 30.3 Å². The standard InChI is InChI=1S/C17H12FN3O4/c18-12-1-6-16-15(7-12)11(10-22)8-20(16)9-17(23)19-13-2-4-14(5-3-13)21(24)25/h1-8,10H,9H2,(H,19,23). The summed E-state index contributed by atoms with van der Waals surface area (Å²) in [7, 11) is 0. The van der Waals surface area contributed by atoms with E-state index >= 15 is 0 Å². The van der Waals surface area contributed by atoms with Gasteiger partial charge in [-0.3, -0.25) is 19.7 Å². The third-order valence-corrected chi connectivity index (χ3v) is 3.68. The molecule has 3 rings (SSSR count). The molecule has 126 valence electrons. The largest absolute Gasteiger partial charge is 0.337 e. The number of nitro groups is 1. The fourth-order valence-corrected chi connectivity index (χ4v) is 2.54. The molecule has 0 radical (unpaired) electrons. The number of hydrogen-bond donors (Lipinski definition) is 1. The van der Waals surface area contributed by atoms with Crippen molar-refractivity contribution in [3.8, 4) is 0 Å². The first-order chi connectivity index (χ1) is 12.0. The van der Waals surface area contributed by atoms with Crippen molar-refractivity contribution in [2.75, 3.05) is 5.32 Å². The van der Waals surface area contributed by atoms with Gasteiger partial charge in [-0.1, -0.05) is 0 Å². The quantitative estimate of drug-likeness (QED) is 0.438. The number of amides is 1. The van der Waals surface area contributed by atoms with Crippen molar-refractivity contribution in [1.82, 2.24) is 4.57 Å². The number of hydrogen-bond acceptors (Lipinski definition) is 4. The molecule has 1 N–H and O–H groups in total. The molecule has 0 unspecified atom stereocenters. The minimum Gasteiger partial charge on any atom is -0.337 e. The first kappa shape index (κ1) is 16.3. The topological polar surface area (TPSA) is 94.2 Å². The third-order valence-electron chi connectivity index (χ3n) is 3.68. The summed E-state index contributed by atoms with van der Waals surface area (Å²) in [6.07, 6.45) is 2.08. The summed E-state index contributed by atoms with van der Waals surface area (Å²) in [5.41, 5.74) is 1.18. The molecule has 1 amide bonds. The Morgan fingerprint density at radius 3 is 2.60 bits per heavy atom. The van der Waals surface area contributed by atoms with Gasteiger partial charge >= 0.3 is 0 Å². The van der Waals surface area contributed by atoms with Crippen molar-refractivity contribution in [3.05, 3.63) is 70.2 Å². The Hall–Kier alpha value is -3.55. The first-order valence-electron chi connectivity index (χ1n) is 7.26. The second-order valence-corrected chi connectivity index (χ2v) is 5.34. The minimum atomic E-state index is -0.530. The van der Waals surface area contributed by atoms with Gasteiger partial charge in [0, 0.05) is 40.5 Å². The monoisotopic (exact) mass is 341 g/mol. The average Bonchev–Trinajstić information content (AvgIpc) is 2.92. The summed E-state index contributed by atoms with van der Waals surface area (Å²) >= 11 is 0. The zero-order valence-electron chi connectivity index (χ0n) is 12.8. The maximum atomic E-state index is 13.3. The van der Waals surface area contributed by atoms with Crippen molar-refractivity contribution >= 4 is 34.5 Å². The van der Waals surface area contributed by atoms with Gasteiger partial charge < -0.3 is 9.88 Å². The maximum absolute atomic E-state index is 13.3.